The van der Waals surface area contributed by atoms with E-state index in [4.69, 9.17) is 18.9 Å². The predicted octanol–water partition coefficient (Wildman–Crippen LogP) is 5.80. The Morgan fingerprint density at radius 2 is 1.50 bits per heavy atom. The van der Waals surface area contributed by atoms with E-state index in [1.54, 1.807) is 73.7 Å². The van der Waals surface area contributed by atoms with E-state index in [0.717, 1.165) is 5.56 Å². The van der Waals surface area contributed by atoms with Crippen molar-refractivity contribution < 1.29 is 28.5 Å². The van der Waals surface area contributed by atoms with Crippen LogP contribution in [0.5, 0.6) is 23.0 Å². The Bertz CT molecular complexity index is 1420. The predicted molar refractivity (Wildman–Crippen MR) is 152 cm³/mol. The second-order valence-corrected chi connectivity index (χ2v) is 8.63. The first-order valence-corrected chi connectivity index (χ1v) is 12.8. The van der Waals surface area contributed by atoms with Gasteiger partial charge in [0.05, 0.1) is 18.4 Å². The molecule has 0 aromatic heterocycles. The third kappa shape index (κ3) is 8.19. The summed E-state index contributed by atoms with van der Waals surface area (Å²) in [5.74, 6) is 0.994. The van der Waals surface area contributed by atoms with Crippen molar-refractivity contribution in [2.24, 2.45) is 5.10 Å². The molecule has 4 aromatic rings. The Labute approximate surface area is 233 Å². The van der Waals surface area contributed by atoms with Gasteiger partial charge in [0.2, 0.25) is 0 Å². The summed E-state index contributed by atoms with van der Waals surface area (Å²) in [5.41, 5.74) is 4.62. The van der Waals surface area contributed by atoms with E-state index in [-0.39, 0.29) is 5.75 Å². The largest absolute Gasteiger partial charge is 0.490 e. The maximum atomic E-state index is 12.5. The summed E-state index contributed by atoms with van der Waals surface area (Å²) >= 11 is 0. The Balaban J connectivity index is 1.28. The van der Waals surface area contributed by atoms with Crippen LogP contribution in [0.1, 0.15) is 35.3 Å². The number of rotatable bonds is 12. The molecule has 0 bridgehead atoms. The molecule has 0 saturated carbocycles. The van der Waals surface area contributed by atoms with Gasteiger partial charge in [0.15, 0.2) is 17.6 Å². The summed E-state index contributed by atoms with van der Waals surface area (Å²) in [6.45, 7) is 4.30. The normalized spacial score (nSPS) is 11.4. The number of carbonyl (C=O) groups excluding carboxylic acids is 2. The lowest BCUT2D eigenvalue weighted by Crippen LogP contribution is -2.33. The summed E-state index contributed by atoms with van der Waals surface area (Å²) in [5, 5.41) is 4.02. The third-order valence-corrected chi connectivity index (χ3v) is 5.62. The first-order valence-electron chi connectivity index (χ1n) is 12.8. The zero-order chi connectivity index (χ0) is 28.2. The van der Waals surface area contributed by atoms with Crippen LogP contribution in [0, 0.1) is 0 Å². The van der Waals surface area contributed by atoms with Crippen molar-refractivity contribution in [3.63, 3.8) is 0 Å². The van der Waals surface area contributed by atoms with E-state index in [1.807, 2.05) is 43.3 Å². The number of nitrogens with one attached hydrogen (secondary N) is 1. The van der Waals surface area contributed by atoms with Crippen LogP contribution in [-0.4, -0.2) is 30.8 Å². The Hall–Kier alpha value is -5.11. The van der Waals surface area contributed by atoms with Crippen molar-refractivity contribution in [1.29, 1.82) is 0 Å². The molecule has 0 spiro atoms. The lowest BCUT2D eigenvalue weighted by Gasteiger charge is -2.14. The fourth-order valence-corrected chi connectivity index (χ4v) is 3.56. The fraction of sp³-hybridized carbons (Fsp3) is 0.156. The average Bonchev–Trinajstić information content (AvgIpc) is 2.99. The van der Waals surface area contributed by atoms with Gasteiger partial charge in [-0.2, -0.15) is 5.10 Å². The van der Waals surface area contributed by atoms with Crippen molar-refractivity contribution in [3.05, 3.63) is 120 Å². The molecule has 8 nitrogen and oxygen atoms in total. The van der Waals surface area contributed by atoms with Crippen LogP contribution in [0.25, 0.3) is 0 Å². The summed E-state index contributed by atoms with van der Waals surface area (Å²) in [4.78, 5) is 24.9. The number of hydrogen-bond acceptors (Lipinski definition) is 7. The van der Waals surface area contributed by atoms with Gasteiger partial charge in [-0.25, -0.2) is 10.2 Å². The summed E-state index contributed by atoms with van der Waals surface area (Å²) in [6.07, 6.45) is 0.682. The molecule has 0 fully saturated rings. The molecule has 4 aromatic carbocycles. The smallest absolute Gasteiger partial charge is 0.343 e. The molecule has 0 aliphatic carbocycles. The van der Waals surface area contributed by atoms with E-state index < -0.39 is 18.0 Å². The van der Waals surface area contributed by atoms with Crippen LogP contribution in [0.15, 0.2) is 108 Å². The molecule has 8 heteroatoms. The maximum Gasteiger partial charge on any atom is 0.343 e. The molecule has 0 aliphatic rings. The Morgan fingerprint density at radius 3 is 2.20 bits per heavy atom. The highest BCUT2D eigenvalue weighted by atomic mass is 16.6. The van der Waals surface area contributed by atoms with Crippen LogP contribution in [0.3, 0.4) is 0 Å². The molecule has 0 heterocycles. The van der Waals surface area contributed by atoms with Crippen molar-refractivity contribution in [2.75, 3.05) is 6.61 Å². The summed E-state index contributed by atoms with van der Waals surface area (Å²) in [7, 11) is 0. The molecule has 0 radical (unpaired) electrons. The number of carbonyl (C=O) groups is 2. The van der Waals surface area contributed by atoms with Crippen molar-refractivity contribution in [2.45, 2.75) is 26.6 Å². The summed E-state index contributed by atoms with van der Waals surface area (Å²) < 4.78 is 22.7. The molecule has 40 heavy (non-hydrogen) atoms. The lowest BCUT2D eigenvalue weighted by atomic mass is 10.2. The third-order valence-electron chi connectivity index (χ3n) is 5.62. The highest BCUT2D eigenvalue weighted by Crippen LogP contribution is 2.29. The minimum absolute atomic E-state index is 0.287. The van der Waals surface area contributed by atoms with Crippen LogP contribution in [0.4, 0.5) is 0 Å². The van der Waals surface area contributed by atoms with Crippen LogP contribution in [-0.2, 0) is 11.4 Å². The number of esters is 1. The van der Waals surface area contributed by atoms with Gasteiger partial charge in [-0.05, 0) is 79.6 Å². The molecule has 1 N–H and O–H groups in total. The van der Waals surface area contributed by atoms with E-state index in [2.05, 4.69) is 10.5 Å². The van der Waals surface area contributed by atoms with Crippen LogP contribution < -0.4 is 24.4 Å². The molecule has 1 amide bonds. The SMILES string of the molecule is CCOc1cc(/C=N\NC(=O)[C@H](C)Oc2ccc(OCc3ccccc3)cc2)ccc1OC(=O)c1ccccc1. The monoisotopic (exact) mass is 538 g/mol. The van der Waals surface area contributed by atoms with Gasteiger partial charge in [0.1, 0.15) is 18.1 Å². The zero-order valence-electron chi connectivity index (χ0n) is 22.3. The van der Waals surface area contributed by atoms with Crippen LogP contribution >= 0.6 is 0 Å². The minimum Gasteiger partial charge on any atom is -0.490 e. The fourth-order valence-electron chi connectivity index (χ4n) is 3.56. The highest BCUT2D eigenvalue weighted by molar-refractivity contribution is 5.91. The topological polar surface area (TPSA) is 95.5 Å². The molecular weight excluding hydrogens is 508 g/mol. The van der Waals surface area contributed by atoms with Crippen molar-refractivity contribution >= 4 is 18.1 Å². The molecule has 204 valence electrons. The molecular formula is C32H30N2O6. The molecule has 1 atom stereocenters. The van der Waals surface area contributed by atoms with Crippen molar-refractivity contribution in [1.82, 2.24) is 5.43 Å². The van der Waals surface area contributed by atoms with Gasteiger partial charge in [0, 0.05) is 0 Å². The van der Waals surface area contributed by atoms with E-state index in [1.165, 1.54) is 6.21 Å². The molecule has 0 saturated heterocycles. The standard InChI is InChI=1S/C32H30N2O6/c1-3-37-30-20-25(14-19-29(30)40-32(36)26-12-8-5-9-13-26)21-33-34-31(35)23(2)39-28-17-15-27(16-18-28)38-22-24-10-6-4-7-11-24/h4-21,23H,3,22H2,1-2H3,(H,34,35)/b33-21-/t23-/m0/s1. The summed E-state index contributed by atoms with van der Waals surface area (Å²) in [6, 6.07) is 30.6. The average molecular weight is 539 g/mol. The second-order valence-electron chi connectivity index (χ2n) is 8.63. The van der Waals surface area contributed by atoms with Gasteiger partial charge < -0.3 is 18.9 Å². The first-order chi connectivity index (χ1) is 19.5. The molecule has 0 unspecified atom stereocenters. The second kappa shape index (κ2) is 14.2. The van der Waals surface area contributed by atoms with E-state index in [9.17, 15) is 9.59 Å². The van der Waals surface area contributed by atoms with Gasteiger partial charge >= 0.3 is 5.97 Å². The number of hydrazone groups is 1. The van der Waals surface area contributed by atoms with Crippen molar-refractivity contribution in [3.8, 4) is 23.0 Å². The first kappa shape index (κ1) is 27.9. The number of benzene rings is 4. The zero-order valence-corrected chi connectivity index (χ0v) is 22.3. The van der Waals surface area contributed by atoms with Gasteiger partial charge in [0.25, 0.3) is 5.91 Å². The van der Waals surface area contributed by atoms with E-state index >= 15 is 0 Å². The van der Waals surface area contributed by atoms with Gasteiger partial charge in [-0.1, -0.05) is 48.5 Å². The Kier molecular flexibility index (Phi) is 9.88. The number of nitrogens with zero attached hydrogens (tertiary/aromatic N) is 1. The number of hydrogen-bond donors (Lipinski definition) is 1. The maximum absolute atomic E-state index is 12.5. The quantitative estimate of drug-likeness (QED) is 0.106. The van der Waals surface area contributed by atoms with Crippen LogP contribution in [0.2, 0.25) is 0 Å². The van der Waals surface area contributed by atoms with Gasteiger partial charge in [-0.3, -0.25) is 4.79 Å². The number of amides is 1. The number of ether oxygens (including phenoxy) is 4. The molecule has 4 rings (SSSR count). The lowest BCUT2D eigenvalue weighted by molar-refractivity contribution is -0.127. The highest BCUT2D eigenvalue weighted by Gasteiger charge is 2.15. The van der Waals surface area contributed by atoms with E-state index in [0.29, 0.717) is 41.6 Å². The van der Waals surface area contributed by atoms with Gasteiger partial charge in [-0.15, -0.1) is 0 Å². The minimum atomic E-state index is -0.785. The Morgan fingerprint density at radius 1 is 0.825 bits per heavy atom. The molecule has 0 aliphatic heterocycles.